The van der Waals surface area contributed by atoms with E-state index in [-0.39, 0.29) is 29.7 Å². The van der Waals surface area contributed by atoms with Crippen molar-refractivity contribution < 1.29 is 9.59 Å². The number of hydrogen-bond acceptors (Lipinski definition) is 5. The first-order valence-electron chi connectivity index (χ1n) is 12.6. The average molecular weight is 500 g/mol. The number of carbonyl (C=O) groups is 2. The SMILES string of the molecule is Cc1ccc(C2C3=C(CC(C)(C)CC3=O)Nc3ccccc3N2CC(=O)NCCc2cccs2)cc1. The van der Waals surface area contributed by atoms with Crippen molar-refractivity contribution in [1.82, 2.24) is 5.32 Å². The second-order valence-electron chi connectivity index (χ2n) is 10.6. The highest BCUT2D eigenvalue weighted by Gasteiger charge is 2.41. The number of nitrogens with zero attached hydrogens (tertiary/aromatic N) is 1. The van der Waals surface area contributed by atoms with E-state index >= 15 is 0 Å². The third kappa shape index (κ3) is 5.09. The summed E-state index contributed by atoms with van der Waals surface area (Å²) < 4.78 is 0. The van der Waals surface area contributed by atoms with Gasteiger partial charge in [0.1, 0.15) is 0 Å². The molecule has 2 aromatic carbocycles. The number of anilines is 2. The number of allylic oxidation sites excluding steroid dienone is 1. The van der Waals surface area contributed by atoms with Gasteiger partial charge in [0.2, 0.25) is 5.91 Å². The Morgan fingerprint density at radius 1 is 1.08 bits per heavy atom. The lowest BCUT2D eigenvalue weighted by Gasteiger charge is -2.38. The van der Waals surface area contributed by atoms with Gasteiger partial charge in [-0.3, -0.25) is 9.59 Å². The fourth-order valence-corrected chi connectivity index (χ4v) is 6.02. The summed E-state index contributed by atoms with van der Waals surface area (Å²) in [4.78, 5) is 30.3. The van der Waals surface area contributed by atoms with Crippen molar-refractivity contribution in [3.63, 3.8) is 0 Å². The summed E-state index contributed by atoms with van der Waals surface area (Å²) in [5, 5.41) is 8.77. The highest BCUT2D eigenvalue weighted by atomic mass is 32.1. The van der Waals surface area contributed by atoms with Crippen LogP contribution in [-0.4, -0.2) is 24.8 Å². The van der Waals surface area contributed by atoms with Gasteiger partial charge in [0.05, 0.1) is 24.0 Å². The Hall–Kier alpha value is -3.38. The van der Waals surface area contributed by atoms with Crippen LogP contribution in [0.5, 0.6) is 0 Å². The topological polar surface area (TPSA) is 61.4 Å². The average Bonchev–Trinajstić information content (AvgIpc) is 3.30. The van der Waals surface area contributed by atoms with Crippen LogP contribution in [0.4, 0.5) is 11.4 Å². The van der Waals surface area contributed by atoms with Gasteiger partial charge >= 0.3 is 0 Å². The quantitative estimate of drug-likeness (QED) is 0.435. The standard InChI is InChI=1S/C30H33N3O2S/c1-20-10-12-21(13-11-20)29-28-24(17-30(2,3)18-26(28)34)32-23-8-4-5-9-25(23)33(29)19-27(35)31-15-14-22-7-6-16-36-22/h4-13,16,29,32H,14-15,17-19H2,1-3H3,(H,31,35). The Balaban J connectivity index is 1.54. The van der Waals surface area contributed by atoms with E-state index in [1.807, 2.05) is 30.3 Å². The number of carbonyl (C=O) groups excluding carboxylic acids is 2. The summed E-state index contributed by atoms with van der Waals surface area (Å²) in [6.45, 7) is 7.10. The molecule has 0 fully saturated rings. The maximum atomic E-state index is 13.7. The van der Waals surface area contributed by atoms with Gasteiger partial charge in [-0.05, 0) is 54.3 Å². The number of ketones is 1. The van der Waals surface area contributed by atoms with Crippen molar-refractivity contribution in [2.45, 2.75) is 46.1 Å². The molecule has 0 saturated carbocycles. The molecule has 2 aliphatic rings. The molecule has 1 unspecified atom stereocenters. The molecule has 1 atom stereocenters. The number of benzene rings is 2. The highest BCUT2D eigenvalue weighted by molar-refractivity contribution is 7.09. The van der Waals surface area contributed by atoms with E-state index in [0.717, 1.165) is 46.6 Å². The maximum Gasteiger partial charge on any atom is 0.239 e. The molecule has 2 heterocycles. The zero-order valence-corrected chi connectivity index (χ0v) is 22.0. The number of amides is 1. The van der Waals surface area contributed by atoms with Gasteiger partial charge in [-0.15, -0.1) is 11.3 Å². The van der Waals surface area contributed by atoms with Crippen LogP contribution in [0.2, 0.25) is 0 Å². The summed E-state index contributed by atoms with van der Waals surface area (Å²) in [5.41, 5.74) is 5.66. The smallest absolute Gasteiger partial charge is 0.239 e. The Kier molecular flexibility index (Phi) is 6.71. The van der Waals surface area contributed by atoms with Gasteiger partial charge in [-0.1, -0.05) is 61.9 Å². The van der Waals surface area contributed by atoms with Crippen LogP contribution < -0.4 is 15.5 Å². The molecule has 3 aromatic rings. The van der Waals surface area contributed by atoms with Crippen molar-refractivity contribution in [2.75, 3.05) is 23.3 Å². The summed E-state index contributed by atoms with van der Waals surface area (Å²) in [7, 11) is 0. The lowest BCUT2D eigenvalue weighted by molar-refractivity contribution is -0.120. The van der Waals surface area contributed by atoms with Crippen LogP contribution in [0.3, 0.4) is 0 Å². The van der Waals surface area contributed by atoms with Crippen molar-refractivity contribution in [2.24, 2.45) is 5.41 Å². The molecule has 6 heteroatoms. The normalized spacial score (nSPS) is 18.7. The van der Waals surface area contributed by atoms with Gasteiger partial charge in [0, 0.05) is 29.1 Å². The largest absolute Gasteiger partial charge is 0.357 e. The van der Waals surface area contributed by atoms with E-state index < -0.39 is 0 Å². The first-order valence-corrected chi connectivity index (χ1v) is 13.4. The number of rotatable bonds is 6. The lowest BCUT2D eigenvalue weighted by atomic mass is 9.73. The Bertz CT molecular complexity index is 1290. The maximum absolute atomic E-state index is 13.7. The fourth-order valence-electron chi connectivity index (χ4n) is 5.31. The molecule has 1 aliphatic carbocycles. The Morgan fingerprint density at radius 3 is 2.61 bits per heavy atom. The van der Waals surface area contributed by atoms with Crippen molar-refractivity contribution in [3.8, 4) is 0 Å². The van der Waals surface area contributed by atoms with Crippen LogP contribution in [0.25, 0.3) is 0 Å². The van der Waals surface area contributed by atoms with E-state index in [0.29, 0.717) is 13.0 Å². The summed E-state index contributed by atoms with van der Waals surface area (Å²) in [6, 6.07) is 20.2. The zero-order chi connectivity index (χ0) is 25.3. The molecular formula is C30H33N3O2S. The highest BCUT2D eigenvalue weighted by Crippen LogP contribution is 2.48. The minimum absolute atomic E-state index is 0.0499. The van der Waals surface area contributed by atoms with Crippen LogP contribution in [0.15, 0.2) is 77.3 Å². The molecule has 2 N–H and O–H groups in total. The van der Waals surface area contributed by atoms with Crippen LogP contribution in [0, 0.1) is 12.3 Å². The van der Waals surface area contributed by atoms with E-state index in [2.05, 4.69) is 72.0 Å². The minimum Gasteiger partial charge on any atom is -0.357 e. The molecule has 36 heavy (non-hydrogen) atoms. The molecule has 5 rings (SSSR count). The number of aryl methyl sites for hydroxylation is 1. The van der Waals surface area contributed by atoms with Crippen LogP contribution in [0.1, 0.15) is 48.7 Å². The second-order valence-corrected chi connectivity index (χ2v) is 11.6. The van der Waals surface area contributed by atoms with Gasteiger partial charge in [0.15, 0.2) is 5.78 Å². The van der Waals surface area contributed by atoms with E-state index in [4.69, 9.17) is 0 Å². The molecule has 0 bridgehead atoms. The molecule has 0 saturated heterocycles. The minimum atomic E-state index is -0.344. The molecule has 1 amide bonds. The fraction of sp³-hybridized carbons (Fsp3) is 0.333. The number of nitrogens with one attached hydrogen (secondary N) is 2. The Labute approximate surface area is 217 Å². The molecule has 0 spiro atoms. The van der Waals surface area contributed by atoms with Gasteiger partial charge in [0.25, 0.3) is 0 Å². The molecule has 0 radical (unpaired) electrons. The van der Waals surface area contributed by atoms with Crippen molar-refractivity contribution in [1.29, 1.82) is 0 Å². The Morgan fingerprint density at radius 2 is 1.86 bits per heavy atom. The second kappa shape index (κ2) is 9.94. The first kappa shape index (κ1) is 24.3. The zero-order valence-electron chi connectivity index (χ0n) is 21.1. The number of Topliss-reactive ketones (excluding diaryl/α,β-unsaturated/α-hetero) is 1. The monoisotopic (exact) mass is 499 g/mol. The predicted molar refractivity (Wildman–Crippen MR) is 147 cm³/mol. The molecule has 5 nitrogen and oxygen atoms in total. The number of hydrogen-bond donors (Lipinski definition) is 2. The van der Waals surface area contributed by atoms with Gasteiger partial charge in [-0.25, -0.2) is 0 Å². The first-order chi connectivity index (χ1) is 17.3. The van der Waals surface area contributed by atoms with E-state index in [1.165, 1.54) is 4.88 Å². The number of thiophene rings is 1. The third-order valence-corrected chi connectivity index (χ3v) is 7.92. The number of fused-ring (bicyclic) bond motifs is 1. The van der Waals surface area contributed by atoms with Crippen molar-refractivity contribution >= 4 is 34.4 Å². The van der Waals surface area contributed by atoms with Gasteiger partial charge < -0.3 is 15.5 Å². The van der Waals surface area contributed by atoms with Crippen molar-refractivity contribution in [3.05, 3.63) is 93.3 Å². The summed E-state index contributed by atoms with van der Waals surface area (Å²) in [6.07, 6.45) is 2.09. The lowest BCUT2D eigenvalue weighted by Crippen LogP contribution is -2.42. The molecule has 186 valence electrons. The van der Waals surface area contributed by atoms with E-state index in [1.54, 1.807) is 11.3 Å². The molecule has 1 aliphatic heterocycles. The third-order valence-electron chi connectivity index (χ3n) is 6.98. The van der Waals surface area contributed by atoms with Crippen LogP contribution in [-0.2, 0) is 16.0 Å². The number of para-hydroxylation sites is 2. The van der Waals surface area contributed by atoms with Gasteiger partial charge in [-0.2, -0.15) is 0 Å². The predicted octanol–water partition coefficient (Wildman–Crippen LogP) is 6.03. The summed E-state index contributed by atoms with van der Waals surface area (Å²) in [5.74, 6) is 0.0985. The molecule has 1 aromatic heterocycles. The molecular weight excluding hydrogens is 466 g/mol. The summed E-state index contributed by atoms with van der Waals surface area (Å²) >= 11 is 1.70. The van der Waals surface area contributed by atoms with Crippen LogP contribution >= 0.6 is 11.3 Å². The van der Waals surface area contributed by atoms with E-state index in [9.17, 15) is 9.59 Å².